The molecule has 0 aliphatic heterocycles. The van der Waals surface area contributed by atoms with E-state index in [9.17, 15) is 14.4 Å². The van der Waals surface area contributed by atoms with Crippen LogP contribution in [0.2, 0.25) is 5.02 Å². The van der Waals surface area contributed by atoms with Crippen LogP contribution >= 0.6 is 34.7 Å². The van der Waals surface area contributed by atoms with Crippen molar-refractivity contribution in [2.24, 2.45) is 7.05 Å². The molecule has 3 aromatic rings. The molecule has 3 rings (SSSR count). The van der Waals surface area contributed by atoms with Crippen molar-refractivity contribution < 1.29 is 4.79 Å². The summed E-state index contributed by atoms with van der Waals surface area (Å²) in [4.78, 5) is 37.5. The fourth-order valence-electron chi connectivity index (χ4n) is 2.80. The van der Waals surface area contributed by atoms with Crippen LogP contribution in [-0.4, -0.2) is 30.9 Å². The number of hydrogen-bond acceptors (Lipinski definition) is 9. The number of nitrogens with two attached hydrogens (primary N) is 1. The lowest BCUT2D eigenvalue weighted by atomic mass is 10.2. The molecule has 0 atom stereocenters. The fraction of sp³-hybridized carbons (Fsp3) is 0.316. The number of anilines is 3. The van der Waals surface area contributed by atoms with Gasteiger partial charge in [0.2, 0.25) is 5.13 Å². The third-order valence-electron chi connectivity index (χ3n) is 4.47. The summed E-state index contributed by atoms with van der Waals surface area (Å²) in [7, 11) is 1.33. The molecule has 2 aromatic heterocycles. The molecule has 31 heavy (non-hydrogen) atoms. The van der Waals surface area contributed by atoms with Gasteiger partial charge in [0, 0.05) is 24.3 Å². The van der Waals surface area contributed by atoms with Crippen molar-refractivity contribution in [3.8, 4) is 0 Å². The number of ketones is 1. The smallest absolute Gasteiger partial charge is 0.332 e. The molecule has 0 fully saturated rings. The minimum absolute atomic E-state index is 0.0608. The van der Waals surface area contributed by atoms with Crippen LogP contribution in [0.25, 0.3) is 0 Å². The number of nitrogens with one attached hydrogen (secondary N) is 1. The molecule has 0 bridgehead atoms. The number of nitrogens with zero attached hydrogens (tertiary/aromatic N) is 4. The maximum Gasteiger partial charge on any atom is 0.332 e. The van der Waals surface area contributed by atoms with Crippen LogP contribution in [0, 0.1) is 6.92 Å². The topological polar surface area (TPSA) is 125 Å². The highest BCUT2D eigenvalue weighted by Gasteiger charge is 2.22. The van der Waals surface area contributed by atoms with Crippen molar-refractivity contribution in [2.45, 2.75) is 31.2 Å². The predicted molar refractivity (Wildman–Crippen MR) is 125 cm³/mol. The number of hydrogen-bond donors (Lipinski definition) is 2. The SMILES string of the molecule is CCCn1c(N)c(C(=O)CSc2nnc(Nc3ccc(C)c(Cl)c3)s2)c(=O)n(C)c1=O. The van der Waals surface area contributed by atoms with Gasteiger partial charge in [-0.05, 0) is 31.0 Å². The Hall–Kier alpha value is -2.63. The molecule has 0 amide bonds. The van der Waals surface area contributed by atoms with Crippen LogP contribution < -0.4 is 22.3 Å². The van der Waals surface area contributed by atoms with Crippen molar-refractivity contribution in [1.29, 1.82) is 0 Å². The average Bonchev–Trinajstić information content (AvgIpc) is 3.18. The second-order valence-electron chi connectivity index (χ2n) is 6.73. The Kier molecular flexibility index (Phi) is 7.19. The first-order chi connectivity index (χ1) is 14.7. The van der Waals surface area contributed by atoms with Crippen LogP contribution in [0.3, 0.4) is 0 Å². The number of thioether (sulfide) groups is 1. The Balaban J connectivity index is 1.74. The molecular weight excluding hydrogens is 460 g/mol. The lowest BCUT2D eigenvalue weighted by Crippen LogP contribution is -2.42. The van der Waals surface area contributed by atoms with Crippen molar-refractivity contribution in [3.05, 3.63) is 55.2 Å². The van der Waals surface area contributed by atoms with Gasteiger partial charge >= 0.3 is 5.69 Å². The first kappa shape index (κ1) is 23.0. The number of carbonyl (C=O) groups is 1. The van der Waals surface area contributed by atoms with Gasteiger partial charge in [-0.15, -0.1) is 10.2 Å². The monoisotopic (exact) mass is 480 g/mol. The zero-order valence-corrected chi connectivity index (χ0v) is 19.5. The van der Waals surface area contributed by atoms with E-state index in [4.69, 9.17) is 17.3 Å². The van der Waals surface area contributed by atoms with E-state index in [0.29, 0.717) is 27.5 Å². The third-order valence-corrected chi connectivity index (χ3v) is 6.84. The van der Waals surface area contributed by atoms with E-state index in [-0.39, 0.29) is 17.1 Å². The largest absolute Gasteiger partial charge is 0.384 e. The van der Waals surface area contributed by atoms with Crippen LogP contribution in [0.1, 0.15) is 29.3 Å². The highest BCUT2D eigenvalue weighted by molar-refractivity contribution is 8.01. The van der Waals surface area contributed by atoms with Crippen molar-refractivity contribution >= 4 is 57.1 Å². The van der Waals surface area contributed by atoms with Gasteiger partial charge in [0.05, 0.1) is 5.75 Å². The first-order valence-corrected chi connectivity index (χ1v) is 11.5. The van der Waals surface area contributed by atoms with Gasteiger partial charge in [-0.2, -0.15) is 0 Å². The summed E-state index contributed by atoms with van der Waals surface area (Å²) in [6.45, 7) is 4.11. The van der Waals surface area contributed by atoms with Crippen LogP contribution in [0.5, 0.6) is 0 Å². The number of aromatic nitrogens is 4. The number of rotatable bonds is 8. The average molecular weight is 481 g/mol. The zero-order valence-electron chi connectivity index (χ0n) is 17.1. The van der Waals surface area contributed by atoms with Gasteiger partial charge in [0.25, 0.3) is 5.56 Å². The molecule has 12 heteroatoms. The third kappa shape index (κ3) is 5.00. The van der Waals surface area contributed by atoms with Crippen molar-refractivity contribution in [2.75, 3.05) is 16.8 Å². The quantitative estimate of drug-likeness (QED) is 0.372. The summed E-state index contributed by atoms with van der Waals surface area (Å²) < 4.78 is 2.70. The fourth-order valence-corrected chi connectivity index (χ4v) is 4.62. The molecule has 3 N–H and O–H groups in total. The van der Waals surface area contributed by atoms with E-state index in [1.54, 1.807) is 6.07 Å². The van der Waals surface area contributed by atoms with E-state index in [0.717, 1.165) is 27.6 Å². The molecule has 0 radical (unpaired) electrons. The molecular formula is C19H21ClN6O3S2. The molecule has 0 saturated carbocycles. The predicted octanol–water partition coefficient (Wildman–Crippen LogP) is 3.07. The van der Waals surface area contributed by atoms with Gasteiger partial charge in [0.1, 0.15) is 11.4 Å². The van der Waals surface area contributed by atoms with E-state index < -0.39 is 17.0 Å². The van der Waals surface area contributed by atoms with E-state index in [2.05, 4.69) is 15.5 Å². The van der Waals surface area contributed by atoms with Crippen LogP contribution in [-0.2, 0) is 13.6 Å². The molecule has 0 aliphatic carbocycles. The summed E-state index contributed by atoms with van der Waals surface area (Å²) in [5.74, 6) is -0.631. The summed E-state index contributed by atoms with van der Waals surface area (Å²) in [6, 6.07) is 5.56. The Morgan fingerprint density at radius 3 is 2.74 bits per heavy atom. The Morgan fingerprint density at radius 1 is 1.32 bits per heavy atom. The number of carbonyl (C=O) groups excluding carboxylic acids is 1. The highest BCUT2D eigenvalue weighted by Crippen LogP contribution is 2.29. The summed E-state index contributed by atoms with van der Waals surface area (Å²) in [5, 5.41) is 12.4. The van der Waals surface area contributed by atoms with E-state index in [1.807, 2.05) is 26.0 Å². The van der Waals surface area contributed by atoms with Gasteiger partial charge in [-0.3, -0.25) is 18.7 Å². The number of Topliss-reactive ketones (excluding diaryl/α,β-unsaturated/α-hetero) is 1. The zero-order chi connectivity index (χ0) is 22.7. The lowest BCUT2D eigenvalue weighted by molar-refractivity contribution is 0.102. The number of aryl methyl sites for hydroxylation is 1. The van der Waals surface area contributed by atoms with Gasteiger partial charge in [-0.1, -0.05) is 47.7 Å². The van der Waals surface area contributed by atoms with Crippen LogP contribution in [0.4, 0.5) is 16.6 Å². The summed E-state index contributed by atoms with van der Waals surface area (Å²) in [5.41, 5.74) is 6.32. The van der Waals surface area contributed by atoms with E-state index in [1.165, 1.54) is 23.0 Å². The Morgan fingerprint density at radius 2 is 2.06 bits per heavy atom. The van der Waals surface area contributed by atoms with Gasteiger partial charge < -0.3 is 11.1 Å². The van der Waals surface area contributed by atoms with Gasteiger partial charge in [0.15, 0.2) is 10.1 Å². The van der Waals surface area contributed by atoms with Crippen molar-refractivity contribution in [1.82, 2.24) is 19.3 Å². The minimum atomic E-state index is -0.698. The standard InChI is InChI=1S/C19H21ClN6O3S2/c1-4-7-26-15(21)14(16(28)25(3)19(26)29)13(27)9-30-18-24-23-17(31-18)22-11-6-5-10(2)12(20)8-11/h5-6,8H,4,7,9,21H2,1-3H3,(H,22,23). The molecule has 0 aliphatic rings. The Labute approximate surface area is 191 Å². The molecule has 2 heterocycles. The number of halogens is 1. The Bertz CT molecular complexity index is 1250. The minimum Gasteiger partial charge on any atom is -0.384 e. The number of benzene rings is 1. The summed E-state index contributed by atoms with van der Waals surface area (Å²) in [6.07, 6.45) is 0.636. The molecule has 0 unspecified atom stereocenters. The molecule has 0 saturated heterocycles. The maximum atomic E-state index is 12.7. The molecule has 164 valence electrons. The van der Waals surface area contributed by atoms with Crippen LogP contribution in [0.15, 0.2) is 32.1 Å². The second-order valence-corrected chi connectivity index (χ2v) is 9.34. The lowest BCUT2D eigenvalue weighted by Gasteiger charge is -2.13. The van der Waals surface area contributed by atoms with E-state index >= 15 is 0 Å². The number of nitrogen functional groups attached to an aromatic ring is 1. The maximum absolute atomic E-state index is 12.7. The highest BCUT2D eigenvalue weighted by atomic mass is 35.5. The first-order valence-electron chi connectivity index (χ1n) is 9.34. The summed E-state index contributed by atoms with van der Waals surface area (Å²) >= 11 is 8.54. The molecule has 9 nitrogen and oxygen atoms in total. The normalized spacial score (nSPS) is 11.0. The van der Waals surface area contributed by atoms with Gasteiger partial charge in [-0.25, -0.2) is 4.79 Å². The second kappa shape index (κ2) is 9.67. The molecule has 0 spiro atoms. The van der Waals surface area contributed by atoms with Crippen molar-refractivity contribution in [3.63, 3.8) is 0 Å². The molecule has 1 aromatic carbocycles.